The molecule has 178 valence electrons. The maximum Gasteiger partial charge on any atom is 0.335 e. The molecule has 1 saturated carbocycles. The molecular weight excluding hydrogens is 422 g/mol. The highest BCUT2D eigenvalue weighted by molar-refractivity contribution is 5.72. The molecule has 0 radical (unpaired) electrons. The first-order valence-electron chi connectivity index (χ1n) is 11.5. The van der Waals surface area contributed by atoms with Crippen LogP contribution < -0.4 is 0 Å². The Hall–Kier alpha value is -2.66. The van der Waals surface area contributed by atoms with E-state index in [0.29, 0.717) is 25.3 Å². The number of carbonyl (C=O) groups is 1. The summed E-state index contributed by atoms with van der Waals surface area (Å²) in [6.07, 6.45) is 3.15. The average Bonchev–Trinajstić information content (AvgIpc) is 3.18. The van der Waals surface area contributed by atoms with Crippen LogP contribution in [-0.2, 0) is 25.6 Å². The van der Waals surface area contributed by atoms with Gasteiger partial charge in [0.25, 0.3) is 0 Å². The smallest absolute Gasteiger partial charge is 0.335 e. The fourth-order valence-corrected chi connectivity index (χ4v) is 3.80. The van der Waals surface area contributed by atoms with Gasteiger partial charge in [-0.05, 0) is 51.7 Å². The van der Waals surface area contributed by atoms with Crippen molar-refractivity contribution in [1.29, 1.82) is 0 Å². The number of benzene rings is 1. The Morgan fingerprint density at radius 2 is 2.03 bits per heavy atom. The van der Waals surface area contributed by atoms with Gasteiger partial charge in [0.05, 0.1) is 25.4 Å². The highest BCUT2D eigenvalue weighted by Crippen LogP contribution is 2.27. The van der Waals surface area contributed by atoms with E-state index in [-0.39, 0.29) is 25.4 Å². The van der Waals surface area contributed by atoms with Crippen LogP contribution in [-0.4, -0.2) is 47.6 Å². The Bertz CT molecular complexity index is 973. The van der Waals surface area contributed by atoms with Gasteiger partial charge in [0, 0.05) is 12.0 Å². The predicted octanol–water partition coefficient (Wildman–Crippen LogP) is 4.69. The molecule has 2 aromatic rings. The second kappa shape index (κ2) is 12.5. The number of carboxylic acid groups (broad SMARTS) is 1. The normalized spacial score (nSPS) is 19.0. The van der Waals surface area contributed by atoms with Crippen molar-refractivity contribution in [3.8, 4) is 23.3 Å². The minimum Gasteiger partial charge on any atom is -0.479 e. The average molecular weight is 456 g/mol. The van der Waals surface area contributed by atoms with Gasteiger partial charge in [-0.15, -0.1) is 5.92 Å². The number of carboxylic acids is 1. The number of aliphatic carboxylic acids is 1. The molecule has 3 atom stereocenters. The molecule has 1 N–H and O–H groups in total. The maximum absolute atomic E-state index is 11.4. The fourth-order valence-electron chi connectivity index (χ4n) is 3.80. The predicted molar refractivity (Wildman–Crippen MR) is 124 cm³/mol. The van der Waals surface area contributed by atoms with Gasteiger partial charge in [-0.25, -0.2) is 9.78 Å². The van der Waals surface area contributed by atoms with Crippen molar-refractivity contribution in [2.24, 2.45) is 0 Å². The number of hydrogen-bond acceptors (Lipinski definition) is 6. The molecule has 0 bridgehead atoms. The lowest BCUT2D eigenvalue weighted by Crippen LogP contribution is -2.34. The molecule has 33 heavy (non-hydrogen) atoms. The van der Waals surface area contributed by atoms with Crippen molar-refractivity contribution in [3.05, 3.63) is 41.3 Å². The zero-order valence-electron chi connectivity index (χ0n) is 19.6. The van der Waals surface area contributed by atoms with Gasteiger partial charge in [0.15, 0.2) is 6.10 Å². The molecule has 1 aliphatic carbocycles. The summed E-state index contributed by atoms with van der Waals surface area (Å²) in [5.74, 6) is 5.97. The van der Waals surface area contributed by atoms with E-state index in [1.807, 2.05) is 45.0 Å². The first-order valence-corrected chi connectivity index (χ1v) is 11.5. The van der Waals surface area contributed by atoms with Crippen molar-refractivity contribution in [1.82, 2.24) is 4.98 Å². The summed E-state index contributed by atoms with van der Waals surface area (Å²) in [4.78, 5) is 16.1. The Balaban J connectivity index is 1.48. The minimum atomic E-state index is -1.04. The molecule has 1 fully saturated rings. The van der Waals surface area contributed by atoms with Crippen LogP contribution in [0.1, 0.15) is 56.0 Å². The maximum atomic E-state index is 11.4. The van der Waals surface area contributed by atoms with E-state index in [9.17, 15) is 9.90 Å². The molecule has 7 nitrogen and oxygen atoms in total. The third-order valence-electron chi connectivity index (χ3n) is 5.61. The third-order valence-corrected chi connectivity index (χ3v) is 5.61. The summed E-state index contributed by atoms with van der Waals surface area (Å²) in [7, 11) is 0. The Morgan fingerprint density at radius 1 is 1.24 bits per heavy atom. The van der Waals surface area contributed by atoms with Crippen LogP contribution in [0.2, 0.25) is 0 Å². The van der Waals surface area contributed by atoms with Crippen LogP contribution in [0, 0.1) is 25.7 Å². The van der Waals surface area contributed by atoms with Gasteiger partial charge in [-0.1, -0.05) is 30.5 Å². The number of oxazole rings is 1. The van der Waals surface area contributed by atoms with Crippen LogP contribution in [0.3, 0.4) is 0 Å². The Morgan fingerprint density at radius 3 is 2.76 bits per heavy atom. The molecule has 3 rings (SSSR count). The van der Waals surface area contributed by atoms with E-state index in [0.717, 1.165) is 41.8 Å². The minimum absolute atomic E-state index is 0.00275. The van der Waals surface area contributed by atoms with Gasteiger partial charge < -0.3 is 23.7 Å². The first-order chi connectivity index (χ1) is 16.0. The van der Waals surface area contributed by atoms with Gasteiger partial charge in [0.2, 0.25) is 5.89 Å². The number of nitrogens with zero attached hydrogens (tertiary/aromatic N) is 1. The lowest BCUT2D eigenvalue weighted by Gasteiger charge is -2.29. The van der Waals surface area contributed by atoms with Gasteiger partial charge in [-0.2, -0.15) is 0 Å². The molecule has 1 aliphatic rings. The van der Waals surface area contributed by atoms with Crippen LogP contribution >= 0.6 is 0 Å². The highest BCUT2D eigenvalue weighted by atomic mass is 16.6. The number of aromatic nitrogens is 1. The Kier molecular flexibility index (Phi) is 9.49. The summed E-state index contributed by atoms with van der Waals surface area (Å²) in [6.45, 7) is 6.33. The topological polar surface area (TPSA) is 91.0 Å². The molecule has 1 unspecified atom stereocenters. The molecule has 0 aliphatic heterocycles. The van der Waals surface area contributed by atoms with E-state index in [1.165, 1.54) is 0 Å². The summed E-state index contributed by atoms with van der Waals surface area (Å²) in [5.41, 5.74) is 2.90. The molecule has 1 aromatic carbocycles. The van der Waals surface area contributed by atoms with E-state index >= 15 is 0 Å². The molecule has 7 heteroatoms. The number of ether oxygens (including phenoxy) is 3. The molecule has 1 aromatic heterocycles. The second-order valence-electron chi connectivity index (χ2n) is 8.29. The third kappa shape index (κ3) is 7.71. The molecule has 0 amide bonds. The van der Waals surface area contributed by atoms with Crippen molar-refractivity contribution >= 4 is 5.97 Å². The summed E-state index contributed by atoms with van der Waals surface area (Å²) in [5, 5.41) is 9.35. The van der Waals surface area contributed by atoms with Crippen molar-refractivity contribution in [2.45, 2.75) is 77.8 Å². The van der Waals surface area contributed by atoms with Crippen molar-refractivity contribution in [2.75, 3.05) is 13.2 Å². The van der Waals surface area contributed by atoms with Gasteiger partial charge in [0.1, 0.15) is 18.1 Å². The van der Waals surface area contributed by atoms with E-state index in [2.05, 4.69) is 16.8 Å². The number of rotatable bonds is 10. The molecular formula is C26H33NO6. The summed E-state index contributed by atoms with van der Waals surface area (Å²) < 4.78 is 23.2. The van der Waals surface area contributed by atoms with Crippen LogP contribution in [0.25, 0.3) is 11.5 Å². The van der Waals surface area contributed by atoms with Gasteiger partial charge in [-0.3, -0.25) is 0 Å². The lowest BCUT2D eigenvalue weighted by atomic mass is 9.95. The number of hydrogen-bond donors (Lipinski definition) is 1. The SMILES string of the molecule is CCC#CCOC(CO[C@@H]1CCC[C@H](OCc2nc(-c3cccc(C)c3)oc2C)C1)C(=O)O. The first kappa shape index (κ1) is 25.0. The lowest BCUT2D eigenvalue weighted by molar-refractivity contribution is -0.156. The van der Waals surface area contributed by atoms with Crippen molar-refractivity contribution < 1.29 is 28.5 Å². The monoisotopic (exact) mass is 455 g/mol. The second-order valence-corrected chi connectivity index (χ2v) is 8.29. The molecule has 0 saturated heterocycles. The largest absolute Gasteiger partial charge is 0.479 e. The highest BCUT2D eigenvalue weighted by Gasteiger charge is 2.26. The van der Waals surface area contributed by atoms with Crippen LogP contribution in [0.15, 0.2) is 28.7 Å². The quantitative estimate of drug-likeness (QED) is 0.520. The standard InChI is InChI=1S/C26H33NO6/c1-4-5-6-13-30-24(26(28)29)17-32-22-12-8-11-21(15-22)31-16-23-19(3)33-25(27-23)20-10-7-9-18(2)14-20/h7,9-10,14,21-22,24H,4,8,11-13,15-17H2,1-3H3,(H,28,29)/t21-,22+,24?/m0/s1. The van der Waals surface area contributed by atoms with Gasteiger partial charge >= 0.3 is 5.97 Å². The number of aryl methyl sites for hydroxylation is 2. The van der Waals surface area contributed by atoms with Crippen LogP contribution in [0.5, 0.6) is 0 Å². The van der Waals surface area contributed by atoms with E-state index < -0.39 is 12.1 Å². The summed E-state index contributed by atoms with van der Waals surface area (Å²) >= 11 is 0. The van der Waals surface area contributed by atoms with E-state index in [4.69, 9.17) is 18.6 Å². The summed E-state index contributed by atoms with van der Waals surface area (Å²) in [6, 6.07) is 8.05. The molecule has 1 heterocycles. The molecule has 0 spiro atoms. The van der Waals surface area contributed by atoms with E-state index in [1.54, 1.807) is 0 Å². The zero-order chi connectivity index (χ0) is 23.6. The Labute approximate surface area is 195 Å². The zero-order valence-corrected chi connectivity index (χ0v) is 19.6. The van der Waals surface area contributed by atoms with Crippen LogP contribution in [0.4, 0.5) is 0 Å². The van der Waals surface area contributed by atoms with Crippen molar-refractivity contribution in [3.63, 3.8) is 0 Å². The fraction of sp³-hybridized carbons (Fsp3) is 0.538.